The van der Waals surface area contributed by atoms with Crippen molar-refractivity contribution in [1.29, 1.82) is 0 Å². The predicted octanol–water partition coefficient (Wildman–Crippen LogP) is 1.58. The van der Waals surface area contributed by atoms with Crippen molar-refractivity contribution in [3.63, 3.8) is 0 Å². The molecule has 1 aliphatic heterocycles. The average molecular weight is 421 g/mol. The quantitative estimate of drug-likeness (QED) is 0.459. The fourth-order valence-corrected chi connectivity index (χ4v) is 3.79. The van der Waals surface area contributed by atoms with E-state index in [0.717, 1.165) is 0 Å². The van der Waals surface area contributed by atoms with Gasteiger partial charge >= 0.3 is 0 Å². The Hall–Kier alpha value is -2.27. The lowest BCUT2D eigenvalue weighted by Gasteiger charge is -2.32. The first-order chi connectivity index (χ1) is 13.8. The highest BCUT2D eigenvalue weighted by Crippen LogP contribution is 2.40. The molecular weight excluding hydrogens is 400 g/mol. The van der Waals surface area contributed by atoms with Gasteiger partial charge < -0.3 is 24.6 Å². The molecule has 5 atom stereocenters. The Kier molecular flexibility index (Phi) is 5.19. The molecule has 3 heterocycles. The van der Waals surface area contributed by atoms with Crippen LogP contribution >= 0.6 is 11.6 Å². The minimum Gasteiger partial charge on any atom is -0.387 e. The second-order valence-electron chi connectivity index (χ2n) is 7.07. The zero-order valence-electron chi connectivity index (χ0n) is 15.7. The Morgan fingerprint density at radius 3 is 2.59 bits per heavy atom. The smallest absolute Gasteiger partial charge is 0.164 e. The molecule has 0 spiro atoms. The molecule has 1 fully saturated rings. The van der Waals surface area contributed by atoms with E-state index in [0.29, 0.717) is 27.4 Å². The number of nitrogens with one attached hydrogen (secondary N) is 1. The molecule has 0 radical (unpaired) electrons. The van der Waals surface area contributed by atoms with Gasteiger partial charge in [-0.25, -0.2) is 15.4 Å². The van der Waals surface area contributed by atoms with Crippen LogP contribution in [0, 0.1) is 0 Å². The second kappa shape index (κ2) is 7.52. The van der Waals surface area contributed by atoms with E-state index < -0.39 is 30.1 Å². The summed E-state index contributed by atoms with van der Waals surface area (Å²) in [5.74, 6) is 0.453. The molecule has 4 N–H and O–H groups in total. The highest BCUT2D eigenvalue weighted by atomic mass is 35.5. The predicted molar refractivity (Wildman–Crippen MR) is 105 cm³/mol. The Bertz CT molecular complexity index is 1010. The number of ether oxygens (including phenoxy) is 1. The molecule has 1 unspecified atom stereocenters. The highest BCUT2D eigenvalue weighted by molar-refractivity contribution is 6.30. The molecule has 0 bridgehead atoms. The van der Waals surface area contributed by atoms with Crippen molar-refractivity contribution in [3.05, 3.63) is 53.4 Å². The minimum atomic E-state index is -1.57. The van der Waals surface area contributed by atoms with Gasteiger partial charge in [-0.3, -0.25) is 4.84 Å². The van der Waals surface area contributed by atoms with Crippen LogP contribution in [0.2, 0.25) is 5.02 Å². The summed E-state index contributed by atoms with van der Waals surface area (Å²) in [4.78, 5) is 13.3. The lowest BCUT2D eigenvalue weighted by Crippen LogP contribution is -2.45. The molecule has 9 nitrogen and oxygen atoms in total. The van der Waals surface area contributed by atoms with Crippen molar-refractivity contribution in [2.24, 2.45) is 0 Å². The minimum absolute atomic E-state index is 0.453. The number of aliphatic hydroxyl groups is 3. The van der Waals surface area contributed by atoms with Gasteiger partial charge in [0.1, 0.15) is 35.9 Å². The van der Waals surface area contributed by atoms with Crippen LogP contribution in [0.5, 0.6) is 0 Å². The van der Waals surface area contributed by atoms with Crippen LogP contribution in [0.15, 0.2) is 42.9 Å². The normalized spacial score (nSPS) is 26.6. The summed E-state index contributed by atoms with van der Waals surface area (Å²) in [6.45, 7) is 1.52. The summed E-state index contributed by atoms with van der Waals surface area (Å²) in [6, 6.07) is 8.32. The van der Waals surface area contributed by atoms with Crippen LogP contribution in [0.25, 0.3) is 11.0 Å². The van der Waals surface area contributed by atoms with E-state index in [1.165, 1.54) is 20.4 Å². The van der Waals surface area contributed by atoms with Gasteiger partial charge in [-0.1, -0.05) is 23.7 Å². The molecule has 154 valence electrons. The summed E-state index contributed by atoms with van der Waals surface area (Å²) in [5.41, 5.74) is 2.08. The number of hydrogen-bond donors (Lipinski definition) is 4. The van der Waals surface area contributed by atoms with E-state index in [1.807, 2.05) is 0 Å². The van der Waals surface area contributed by atoms with E-state index in [-0.39, 0.29) is 0 Å². The van der Waals surface area contributed by atoms with Crippen molar-refractivity contribution >= 4 is 28.5 Å². The molecule has 29 heavy (non-hydrogen) atoms. The molecule has 3 aromatic rings. The Balaban J connectivity index is 1.68. The largest absolute Gasteiger partial charge is 0.387 e. The third-order valence-corrected chi connectivity index (χ3v) is 5.46. The van der Waals surface area contributed by atoms with Crippen molar-refractivity contribution < 1.29 is 24.9 Å². The molecule has 4 rings (SSSR count). The van der Waals surface area contributed by atoms with Gasteiger partial charge in [0, 0.05) is 11.2 Å². The number of hydrogen-bond acceptors (Lipinski definition) is 8. The standard InChI is InChI=1S/C19H21ClN4O5/c1-19(27,10-3-5-11(20)6-4-10)15-13(25)14(26)18(29-15)24-8-7-12-16(23-28-2)21-9-22-17(12)24/h3-9,13-15,18,25-27H,1-2H3,(H,21,22,23)/t13-,14+,15?,18+,19+/m0/s1. The van der Waals surface area contributed by atoms with Gasteiger partial charge in [0.15, 0.2) is 12.0 Å². The van der Waals surface area contributed by atoms with Gasteiger partial charge in [0.05, 0.1) is 12.5 Å². The summed E-state index contributed by atoms with van der Waals surface area (Å²) in [6.07, 6.45) is -1.65. The van der Waals surface area contributed by atoms with E-state index in [4.69, 9.17) is 21.2 Å². The SMILES string of the molecule is CONc1ncnc2c1ccn2[C@@H]1OC([C@](C)(O)c2ccc(Cl)cc2)[C@@H](O)[C@H]1O. The number of nitrogens with zero attached hydrogens (tertiary/aromatic N) is 3. The molecule has 0 aliphatic carbocycles. The molecular formula is C19H21ClN4O5. The van der Waals surface area contributed by atoms with Crippen LogP contribution in [0.4, 0.5) is 5.82 Å². The number of aliphatic hydroxyl groups excluding tert-OH is 2. The van der Waals surface area contributed by atoms with Crippen LogP contribution in [-0.4, -0.2) is 55.3 Å². The first kappa shape index (κ1) is 20.0. The molecule has 10 heteroatoms. The molecule has 1 aromatic carbocycles. The fourth-order valence-electron chi connectivity index (χ4n) is 3.66. The van der Waals surface area contributed by atoms with Gasteiger partial charge in [-0.15, -0.1) is 0 Å². The molecule has 0 saturated carbocycles. The van der Waals surface area contributed by atoms with Gasteiger partial charge in [-0.05, 0) is 30.7 Å². The van der Waals surface area contributed by atoms with Crippen LogP contribution in [-0.2, 0) is 15.2 Å². The van der Waals surface area contributed by atoms with E-state index in [9.17, 15) is 15.3 Å². The Labute approximate surface area is 171 Å². The lowest BCUT2D eigenvalue weighted by molar-refractivity contribution is -0.135. The monoisotopic (exact) mass is 420 g/mol. The summed E-state index contributed by atoms with van der Waals surface area (Å²) < 4.78 is 7.54. The zero-order chi connectivity index (χ0) is 20.8. The number of rotatable bonds is 5. The van der Waals surface area contributed by atoms with E-state index in [1.54, 1.807) is 41.1 Å². The maximum absolute atomic E-state index is 11.1. The van der Waals surface area contributed by atoms with Gasteiger partial charge in [0.2, 0.25) is 0 Å². The Morgan fingerprint density at radius 1 is 1.17 bits per heavy atom. The maximum atomic E-state index is 11.1. The van der Waals surface area contributed by atoms with Gasteiger partial charge in [-0.2, -0.15) is 0 Å². The molecule has 2 aromatic heterocycles. The van der Waals surface area contributed by atoms with Crippen molar-refractivity contribution in [1.82, 2.24) is 14.5 Å². The van der Waals surface area contributed by atoms with Crippen molar-refractivity contribution in [3.8, 4) is 0 Å². The summed E-state index contributed by atoms with van der Waals surface area (Å²) in [7, 11) is 1.47. The summed E-state index contributed by atoms with van der Waals surface area (Å²) in [5, 5.41) is 33.6. The van der Waals surface area contributed by atoms with Crippen LogP contribution < -0.4 is 5.48 Å². The van der Waals surface area contributed by atoms with Crippen LogP contribution in [0.3, 0.4) is 0 Å². The zero-order valence-corrected chi connectivity index (χ0v) is 16.5. The average Bonchev–Trinajstić information content (AvgIpc) is 3.25. The Morgan fingerprint density at radius 2 is 1.90 bits per heavy atom. The molecule has 0 amide bonds. The molecule has 1 aliphatic rings. The highest BCUT2D eigenvalue weighted by Gasteiger charge is 2.52. The topological polar surface area (TPSA) is 122 Å². The fraction of sp³-hybridized carbons (Fsp3) is 0.368. The number of anilines is 1. The van der Waals surface area contributed by atoms with Crippen molar-refractivity contribution in [2.75, 3.05) is 12.6 Å². The first-order valence-electron chi connectivity index (χ1n) is 8.95. The number of aromatic nitrogens is 3. The lowest BCUT2D eigenvalue weighted by atomic mass is 9.87. The maximum Gasteiger partial charge on any atom is 0.164 e. The third kappa shape index (κ3) is 3.35. The van der Waals surface area contributed by atoms with E-state index >= 15 is 0 Å². The second-order valence-corrected chi connectivity index (χ2v) is 7.51. The summed E-state index contributed by atoms with van der Waals surface area (Å²) >= 11 is 5.92. The third-order valence-electron chi connectivity index (χ3n) is 5.20. The molecule has 1 saturated heterocycles. The number of halogens is 1. The first-order valence-corrected chi connectivity index (χ1v) is 9.33. The number of fused-ring (bicyclic) bond motifs is 1. The van der Waals surface area contributed by atoms with Crippen LogP contribution in [0.1, 0.15) is 18.7 Å². The number of benzene rings is 1. The van der Waals surface area contributed by atoms with E-state index in [2.05, 4.69) is 15.4 Å². The van der Waals surface area contributed by atoms with Crippen molar-refractivity contribution in [2.45, 2.75) is 37.1 Å². The van der Waals surface area contributed by atoms with Gasteiger partial charge in [0.25, 0.3) is 0 Å².